The van der Waals surface area contributed by atoms with Gasteiger partial charge < -0.3 is 24.9 Å². The van der Waals surface area contributed by atoms with Gasteiger partial charge in [0.2, 0.25) is 5.91 Å². The van der Waals surface area contributed by atoms with Crippen molar-refractivity contribution >= 4 is 40.4 Å². The minimum atomic E-state index is -0.818. The van der Waals surface area contributed by atoms with Crippen LogP contribution in [0.3, 0.4) is 0 Å². The number of aliphatic carboxylic acids is 1. The molecule has 0 atom stereocenters. The van der Waals surface area contributed by atoms with Crippen LogP contribution in [0.2, 0.25) is 0 Å². The van der Waals surface area contributed by atoms with Gasteiger partial charge >= 0.3 is 5.97 Å². The molecule has 8 nitrogen and oxygen atoms in total. The summed E-state index contributed by atoms with van der Waals surface area (Å²) in [7, 11) is 0. The van der Waals surface area contributed by atoms with Crippen molar-refractivity contribution in [3.63, 3.8) is 0 Å². The molecule has 1 amide bonds. The van der Waals surface area contributed by atoms with Crippen molar-refractivity contribution < 1.29 is 23.8 Å². The third-order valence-corrected chi connectivity index (χ3v) is 6.92. The number of rotatable bonds is 8. The lowest BCUT2D eigenvalue weighted by atomic mass is 9.72. The monoisotopic (exact) mass is 499 g/mol. The highest BCUT2D eigenvalue weighted by molar-refractivity contribution is 5.93. The number of nitrogens with zero attached hydrogens (tertiary/aromatic N) is 1. The Hall–Kier alpha value is -4.17. The lowest BCUT2D eigenvalue weighted by Crippen LogP contribution is -2.36. The van der Waals surface area contributed by atoms with Crippen LogP contribution in [0.5, 0.6) is 0 Å². The van der Waals surface area contributed by atoms with E-state index in [1.165, 1.54) is 0 Å². The van der Waals surface area contributed by atoms with E-state index in [9.17, 15) is 14.7 Å². The zero-order chi connectivity index (χ0) is 25.8. The number of benzene rings is 3. The Labute approximate surface area is 214 Å². The maximum Gasteiger partial charge on any atom is 0.304 e. The van der Waals surface area contributed by atoms with E-state index in [1.807, 2.05) is 73.7 Å². The van der Waals surface area contributed by atoms with Gasteiger partial charge in [0.25, 0.3) is 6.01 Å². The van der Waals surface area contributed by atoms with Crippen LogP contribution in [0, 0.1) is 6.92 Å². The topological polar surface area (TPSA) is 114 Å². The highest BCUT2D eigenvalue weighted by atomic mass is 16.5. The molecule has 0 saturated carbocycles. The molecule has 1 aliphatic heterocycles. The first-order valence-electron chi connectivity index (χ1n) is 12.3. The van der Waals surface area contributed by atoms with Crippen LogP contribution in [-0.4, -0.2) is 35.2 Å². The standard InChI is InChI=1S/C29H29N3O5/c1-19-4-2-3-5-23(19)31-28-32-24-11-6-20(16-25(24)37-28)17-26(33)30-22-9-7-21(8-10-22)29(18-27(34)35)12-14-36-15-13-29/h2-11,16H,12-15,17-18H2,1H3,(H,30,33)(H,31,32)(H,34,35). The summed E-state index contributed by atoms with van der Waals surface area (Å²) in [6, 6.07) is 21.3. The molecule has 0 spiro atoms. The van der Waals surface area contributed by atoms with E-state index in [2.05, 4.69) is 15.6 Å². The first-order valence-corrected chi connectivity index (χ1v) is 12.3. The van der Waals surface area contributed by atoms with E-state index in [0.717, 1.165) is 22.4 Å². The fraction of sp³-hybridized carbons (Fsp3) is 0.276. The summed E-state index contributed by atoms with van der Waals surface area (Å²) >= 11 is 0. The number of aryl methyl sites for hydroxylation is 1. The molecule has 1 aromatic heterocycles. The maximum atomic E-state index is 12.7. The van der Waals surface area contributed by atoms with Crippen LogP contribution in [0.25, 0.3) is 11.1 Å². The Balaban J connectivity index is 1.24. The summed E-state index contributed by atoms with van der Waals surface area (Å²) in [4.78, 5) is 28.7. The number of carboxylic acid groups (broad SMARTS) is 1. The molecule has 1 fully saturated rings. The predicted molar refractivity (Wildman–Crippen MR) is 141 cm³/mol. The number of carbonyl (C=O) groups is 2. The molecule has 8 heteroatoms. The third-order valence-electron chi connectivity index (χ3n) is 6.92. The number of anilines is 3. The number of carboxylic acids is 1. The largest absolute Gasteiger partial charge is 0.481 e. The zero-order valence-electron chi connectivity index (χ0n) is 20.6. The summed E-state index contributed by atoms with van der Waals surface area (Å²) in [5, 5.41) is 15.6. The molecule has 0 unspecified atom stereocenters. The van der Waals surface area contributed by atoms with E-state index in [4.69, 9.17) is 9.15 Å². The van der Waals surface area contributed by atoms with Gasteiger partial charge in [-0.15, -0.1) is 0 Å². The summed E-state index contributed by atoms with van der Waals surface area (Å²) in [5.41, 5.74) is 5.31. The van der Waals surface area contributed by atoms with Crippen LogP contribution in [0.4, 0.5) is 17.4 Å². The second-order valence-electron chi connectivity index (χ2n) is 9.53. The molecule has 1 aliphatic rings. The Morgan fingerprint density at radius 3 is 2.51 bits per heavy atom. The minimum Gasteiger partial charge on any atom is -0.481 e. The number of aromatic nitrogens is 1. The molecule has 0 radical (unpaired) electrons. The van der Waals surface area contributed by atoms with Crippen LogP contribution >= 0.6 is 0 Å². The molecule has 4 aromatic rings. The molecular weight excluding hydrogens is 470 g/mol. The molecule has 37 heavy (non-hydrogen) atoms. The fourth-order valence-corrected chi connectivity index (χ4v) is 4.88. The van der Waals surface area contributed by atoms with Crippen LogP contribution in [0.1, 0.15) is 36.0 Å². The van der Waals surface area contributed by atoms with Crippen molar-refractivity contribution in [2.75, 3.05) is 23.8 Å². The van der Waals surface area contributed by atoms with Gasteiger partial charge in [-0.1, -0.05) is 36.4 Å². The Morgan fingerprint density at radius 1 is 1.03 bits per heavy atom. The van der Waals surface area contributed by atoms with Gasteiger partial charge in [-0.3, -0.25) is 9.59 Å². The highest BCUT2D eigenvalue weighted by Gasteiger charge is 2.36. The van der Waals surface area contributed by atoms with Gasteiger partial charge in [-0.05, 0) is 66.8 Å². The Morgan fingerprint density at radius 2 is 1.78 bits per heavy atom. The molecular formula is C29H29N3O5. The number of amides is 1. The third kappa shape index (κ3) is 5.65. The number of oxazole rings is 1. The van der Waals surface area contributed by atoms with Gasteiger partial charge in [0.1, 0.15) is 5.52 Å². The normalized spacial score (nSPS) is 14.8. The smallest absolute Gasteiger partial charge is 0.304 e. The average molecular weight is 500 g/mol. The molecule has 0 bridgehead atoms. The summed E-state index contributed by atoms with van der Waals surface area (Å²) in [6.07, 6.45) is 1.57. The fourth-order valence-electron chi connectivity index (χ4n) is 4.88. The van der Waals surface area contributed by atoms with Gasteiger partial charge in [-0.25, -0.2) is 0 Å². The van der Waals surface area contributed by atoms with Crippen molar-refractivity contribution in [2.45, 2.75) is 38.0 Å². The number of fused-ring (bicyclic) bond motifs is 1. The van der Waals surface area contributed by atoms with E-state index in [1.54, 1.807) is 0 Å². The number of hydrogen-bond donors (Lipinski definition) is 3. The summed E-state index contributed by atoms with van der Waals surface area (Å²) in [6.45, 7) is 3.10. The maximum absolute atomic E-state index is 12.7. The summed E-state index contributed by atoms with van der Waals surface area (Å²) < 4.78 is 11.3. The minimum absolute atomic E-state index is 0.0639. The zero-order valence-corrected chi connectivity index (χ0v) is 20.6. The van der Waals surface area contributed by atoms with E-state index >= 15 is 0 Å². The lowest BCUT2D eigenvalue weighted by molar-refractivity contribution is -0.139. The van der Waals surface area contributed by atoms with E-state index in [-0.39, 0.29) is 18.7 Å². The number of hydrogen-bond acceptors (Lipinski definition) is 6. The Kier molecular flexibility index (Phi) is 6.92. The number of para-hydroxylation sites is 1. The molecule has 1 saturated heterocycles. The predicted octanol–water partition coefficient (Wildman–Crippen LogP) is 5.58. The highest BCUT2D eigenvalue weighted by Crippen LogP contribution is 2.38. The average Bonchev–Trinajstić information content (AvgIpc) is 3.27. The molecule has 190 valence electrons. The molecule has 2 heterocycles. The van der Waals surface area contributed by atoms with Crippen LogP contribution in [0.15, 0.2) is 71.1 Å². The van der Waals surface area contributed by atoms with Crippen molar-refractivity contribution in [3.05, 3.63) is 83.4 Å². The molecule has 3 N–H and O–H groups in total. The van der Waals surface area contributed by atoms with Gasteiger partial charge in [0.05, 0.1) is 12.8 Å². The number of nitrogens with one attached hydrogen (secondary N) is 2. The van der Waals surface area contributed by atoms with Gasteiger partial charge in [0.15, 0.2) is 5.58 Å². The number of carbonyl (C=O) groups excluding carboxylic acids is 1. The summed E-state index contributed by atoms with van der Waals surface area (Å²) in [5.74, 6) is -0.975. The van der Waals surface area contributed by atoms with Crippen molar-refractivity contribution in [3.8, 4) is 0 Å². The van der Waals surface area contributed by atoms with Crippen molar-refractivity contribution in [1.29, 1.82) is 0 Å². The van der Waals surface area contributed by atoms with E-state index in [0.29, 0.717) is 48.9 Å². The second-order valence-corrected chi connectivity index (χ2v) is 9.53. The van der Waals surface area contributed by atoms with Crippen molar-refractivity contribution in [1.82, 2.24) is 4.98 Å². The molecule has 3 aromatic carbocycles. The van der Waals surface area contributed by atoms with Crippen molar-refractivity contribution in [2.24, 2.45) is 0 Å². The quantitative estimate of drug-likeness (QED) is 0.290. The second kappa shape index (κ2) is 10.4. The molecule has 0 aliphatic carbocycles. The van der Waals surface area contributed by atoms with Gasteiger partial charge in [-0.2, -0.15) is 4.98 Å². The first-order chi connectivity index (χ1) is 17.9. The number of ether oxygens (including phenoxy) is 1. The molecule has 5 rings (SSSR count). The Bertz CT molecular complexity index is 1420. The SMILES string of the molecule is Cc1ccccc1Nc1nc2ccc(CC(=O)Nc3ccc(C4(CC(=O)O)CCOCC4)cc3)cc2o1. The first kappa shape index (κ1) is 24.5. The van der Waals surface area contributed by atoms with E-state index < -0.39 is 11.4 Å². The van der Waals surface area contributed by atoms with Crippen LogP contribution in [-0.2, 0) is 26.2 Å². The van der Waals surface area contributed by atoms with Crippen LogP contribution < -0.4 is 10.6 Å². The lowest BCUT2D eigenvalue weighted by Gasteiger charge is -2.36. The van der Waals surface area contributed by atoms with Gasteiger partial charge in [0, 0.05) is 30.0 Å².